The van der Waals surface area contributed by atoms with Crippen molar-refractivity contribution < 1.29 is 9.18 Å². The van der Waals surface area contributed by atoms with Crippen molar-refractivity contribution in [3.05, 3.63) is 47.8 Å². The third kappa shape index (κ3) is 3.35. The number of hydrogen-bond donors (Lipinski definition) is 2. The number of hydrogen-bond acceptors (Lipinski definition) is 3. The average molecular weight is 279 g/mol. The summed E-state index contributed by atoms with van der Waals surface area (Å²) < 4.78 is 14.9. The van der Waals surface area contributed by atoms with Crippen molar-refractivity contribution in [1.82, 2.24) is 14.9 Å². The lowest BCUT2D eigenvalue weighted by Crippen LogP contribution is -2.26. The van der Waals surface area contributed by atoms with Gasteiger partial charge in [-0.1, -0.05) is 0 Å². The predicted molar refractivity (Wildman–Crippen MR) is 72.9 cm³/mol. The zero-order chi connectivity index (χ0) is 13.8. The van der Waals surface area contributed by atoms with E-state index >= 15 is 0 Å². The molecule has 0 aliphatic heterocycles. The SMILES string of the molecule is Cn1ccnc1CCNC(=O)c1ccc(F)c(S)c1. The number of benzene rings is 1. The first-order valence-corrected chi connectivity index (χ1v) is 6.25. The van der Waals surface area contributed by atoms with Crippen LogP contribution in [0.25, 0.3) is 0 Å². The van der Waals surface area contributed by atoms with Crippen molar-refractivity contribution in [1.29, 1.82) is 0 Å². The highest BCUT2D eigenvalue weighted by atomic mass is 32.1. The molecule has 0 aliphatic carbocycles. The second-order valence-electron chi connectivity index (χ2n) is 4.13. The molecule has 0 atom stereocenters. The van der Waals surface area contributed by atoms with Gasteiger partial charge in [0.1, 0.15) is 11.6 Å². The molecule has 2 aromatic rings. The first-order valence-electron chi connectivity index (χ1n) is 5.81. The Hall–Kier alpha value is -1.82. The second-order valence-corrected chi connectivity index (χ2v) is 4.61. The van der Waals surface area contributed by atoms with Gasteiger partial charge in [-0.25, -0.2) is 9.37 Å². The first-order chi connectivity index (χ1) is 9.08. The fraction of sp³-hybridized carbons (Fsp3) is 0.231. The molecule has 4 nitrogen and oxygen atoms in total. The molecule has 6 heteroatoms. The fourth-order valence-electron chi connectivity index (χ4n) is 1.68. The van der Waals surface area contributed by atoms with Crippen molar-refractivity contribution in [3.8, 4) is 0 Å². The summed E-state index contributed by atoms with van der Waals surface area (Å²) in [5.41, 5.74) is 0.395. The summed E-state index contributed by atoms with van der Waals surface area (Å²) in [6.07, 6.45) is 4.21. The second kappa shape index (κ2) is 5.88. The summed E-state index contributed by atoms with van der Waals surface area (Å²) in [4.78, 5) is 16.2. The van der Waals surface area contributed by atoms with E-state index in [2.05, 4.69) is 22.9 Å². The minimum Gasteiger partial charge on any atom is -0.352 e. The molecule has 1 N–H and O–H groups in total. The Bertz CT molecular complexity index is 597. The van der Waals surface area contributed by atoms with Gasteiger partial charge >= 0.3 is 0 Å². The highest BCUT2D eigenvalue weighted by Crippen LogP contribution is 2.14. The molecule has 0 saturated carbocycles. The number of aryl methyl sites for hydroxylation is 1. The number of nitrogens with zero attached hydrogens (tertiary/aromatic N) is 2. The molecule has 0 spiro atoms. The highest BCUT2D eigenvalue weighted by Gasteiger charge is 2.08. The molecule has 19 heavy (non-hydrogen) atoms. The van der Waals surface area contributed by atoms with Crippen LogP contribution < -0.4 is 5.32 Å². The number of rotatable bonds is 4. The van der Waals surface area contributed by atoms with Crippen LogP contribution in [0.5, 0.6) is 0 Å². The summed E-state index contributed by atoms with van der Waals surface area (Å²) in [6, 6.07) is 4.08. The Morgan fingerprint density at radius 2 is 2.32 bits per heavy atom. The number of thiol groups is 1. The van der Waals surface area contributed by atoms with Crippen LogP contribution >= 0.6 is 12.6 Å². The Labute approximate surface area is 116 Å². The Morgan fingerprint density at radius 1 is 1.53 bits per heavy atom. The van der Waals surface area contributed by atoms with E-state index < -0.39 is 5.82 Å². The third-order valence-electron chi connectivity index (χ3n) is 2.76. The quantitative estimate of drug-likeness (QED) is 0.839. The molecule has 0 fully saturated rings. The van der Waals surface area contributed by atoms with Gasteiger partial charge in [-0.15, -0.1) is 12.6 Å². The number of halogens is 1. The monoisotopic (exact) mass is 279 g/mol. The van der Waals surface area contributed by atoms with E-state index in [0.717, 1.165) is 5.82 Å². The minimum absolute atomic E-state index is 0.164. The summed E-state index contributed by atoms with van der Waals surface area (Å²) in [7, 11) is 1.90. The van der Waals surface area contributed by atoms with Crippen LogP contribution in [0.15, 0.2) is 35.5 Å². The summed E-state index contributed by atoms with van der Waals surface area (Å²) >= 11 is 3.95. The number of nitrogens with one attached hydrogen (secondary N) is 1. The maximum atomic E-state index is 13.0. The molecule has 0 bridgehead atoms. The molecule has 1 amide bonds. The van der Waals surface area contributed by atoms with Gasteiger partial charge in [0, 0.05) is 42.9 Å². The van der Waals surface area contributed by atoms with Gasteiger partial charge in [0.25, 0.3) is 5.91 Å². The van der Waals surface area contributed by atoms with Crippen molar-refractivity contribution in [2.75, 3.05) is 6.54 Å². The van der Waals surface area contributed by atoms with E-state index in [1.807, 2.05) is 17.8 Å². The average Bonchev–Trinajstić information content (AvgIpc) is 2.78. The van der Waals surface area contributed by atoms with E-state index in [1.54, 1.807) is 6.20 Å². The van der Waals surface area contributed by atoms with Gasteiger partial charge < -0.3 is 9.88 Å². The Balaban J connectivity index is 1.91. The smallest absolute Gasteiger partial charge is 0.251 e. The van der Waals surface area contributed by atoms with Gasteiger partial charge in [-0.05, 0) is 18.2 Å². The largest absolute Gasteiger partial charge is 0.352 e. The lowest BCUT2D eigenvalue weighted by molar-refractivity contribution is 0.0953. The van der Waals surface area contributed by atoms with E-state index in [0.29, 0.717) is 18.5 Å². The molecule has 0 unspecified atom stereocenters. The number of carbonyl (C=O) groups is 1. The van der Waals surface area contributed by atoms with Gasteiger partial charge in [0.2, 0.25) is 0 Å². The van der Waals surface area contributed by atoms with Crippen molar-refractivity contribution in [2.45, 2.75) is 11.3 Å². The molecule has 1 aromatic heterocycles. The standard InChI is InChI=1S/C13H14FN3OS/c1-17-7-6-15-12(17)4-5-16-13(18)9-2-3-10(14)11(19)8-9/h2-3,6-8,19H,4-5H2,1H3,(H,16,18). The summed E-state index contributed by atoms with van der Waals surface area (Å²) in [6.45, 7) is 0.475. The van der Waals surface area contributed by atoms with Crippen LogP contribution in [0, 0.1) is 5.82 Å². The molecule has 100 valence electrons. The van der Waals surface area contributed by atoms with Crippen LogP contribution in [0.2, 0.25) is 0 Å². The van der Waals surface area contributed by atoms with E-state index in [-0.39, 0.29) is 10.8 Å². The van der Waals surface area contributed by atoms with Crippen LogP contribution in [0.3, 0.4) is 0 Å². The van der Waals surface area contributed by atoms with Crippen LogP contribution in [0.1, 0.15) is 16.2 Å². The first kappa shape index (κ1) is 13.6. The zero-order valence-electron chi connectivity index (χ0n) is 10.4. The topological polar surface area (TPSA) is 46.9 Å². The molecule has 0 aliphatic rings. The Kier molecular flexibility index (Phi) is 4.21. The number of amides is 1. The lowest BCUT2D eigenvalue weighted by Gasteiger charge is -2.06. The molecule has 0 radical (unpaired) electrons. The predicted octanol–water partition coefficient (Wildman–Crippen LogP) is 1.82. The molecule has 2 rings (SSSR count). The van der Waals surface area contributed by atoms with Gasteiger partial charge in [-0.2, -0.15) is 0 Å². The maximum absolute atomic E-state index is 13.0. The highest BCUT2D eigenvalue weighted by molar-refractivity contribution is 7.80. The summed E-state index contributed by atoms with van der Waals surface area (Å²) in [5.74, 6) is 0.215. The fourth-order valence-corrected chi connectivity index (χ4v) is 1.89. The normalized spacial score (nSPS) is 10.5. The summed E-state index contributed by atoms with van der Waals surface area (Å²) in [5, 5.41) is 2.76. The Morgan fingerprint density at radius 3 is 2.95 bits per heavy atom. The van der Waals surface area contributed by atoms with Gasteiger partial charge in [0.05, 0.1) is 0 Å². The van der Waals surface area contributed by atoms with Crippen molar-refractivity contribution in [2.24, 2.45) is 7.05 Å². The van der Waals surface area contributed by atoms with Crippen LogP contribution in [0.4, 0.5) is 4.39 Å². The lowest BCUT2D eigenvalue weighted by atomic mass is 10.2. The van der Waals surface area contributed by atoms with Crippen LogP contribution in [-0.2, 0) is 13.5 Å². The minimum atomic E-state index is -0.437. The maximum Gasteiger partial charge on any atom is 0.251 e. The number of imidazole rings is 1. The molecule has 0 saturated heterocycles. The third-order valence-corrected chi connectivity index (χ3v) is 3.11. The van der Waals surface area contributed by atoms with Crippen molar-refractivity contribution in [3.63, 3.8) is 0 Å². The van der Waals surface area contributed by atoms with Crippen LogP contribution in [-0.4, -0.2) is 22.0 Å². The molecule has 1 heterocycles. The van der Waals surface area contributed by atoms with E-state index in [9.17, 15) is 9.18 Å². The van der Waals surface area contributed by atoms with Crippen molar-refractivity contribution >= 4 is 18.5 Å². The van der Waals surface area contributed by atoms with Gasteiger partial charge in [0.15, 0.2) is 0 Å². The number of aromatic nitrogens is 2. The molecule has 1 aromatic carbocycles. The van der Waals surface area contributed by atoms with E-state index in [4.69, 9.17) is 0 Å². The number of carbonyl (C=O) groups excluding carboxylic acids is 1. The van der Waals surface area contributed by atoms with E-state index in [1.165, 1.54) is 18.2 Å². The molecular weight excluding hydrogens is 265 g/mol. The van der Waals surface area contributed by atoms with Gasteiger partial charge in [-0.3, -0.25) is 4.79 Å². The zero-order valence-corrected chi connectivity index (χ0v) is 11.3. The molecular formula is C13H14FN3OS.